The summed E-state index contributed by atoms with van der Waals surface area (Å²) in [6.07, 6.45) is 0. The van der Waals surface area contributed by atoms with Crippen molar-refractivity contribution in [3.63, 3.8) is 0 Å². The van der Waals surface area contributed by atoms with Gasteiger partial charge in [-0.15, -0.1) is 0 Å². The van der Waals surface area contributed by atoms with Crippen molar-refractivity contribution in [3.8, 4) is 0 Å². The van der Waals surface area contributed by atoms with Crippen molar-refractivity contribution in [3.05, 3.63) is 35.9 Å². The van der Waals surface area contributed by atoms with Crippen LogP contribution in [-0.2, 0) is 14.3 Å². The maximum absolute atomic E-state index is 11.3. The molecule has 0 aliphatic carbocycles. The third kappa shape index (κ3) is 1.29. The molecule has 0 bridgehead atoms. The molecule has 1 aromatic carbocycles. The number of cyclic esters (lactones) is 2. The van der Waals surface area contributed by atoms with E-state index in [0.29, 0.717) is 0 Å². The van der Waals surface area contributed by atoms with Gasteiger partial charge in [0.1, 0.15) is 12.0 Å². The van der Waals surface area contributed by atoms with E-state index in [1.54, 1.807) is 24.3 Å². The molecule has 1 heterocycles. The normalized spacial score (nSPS) is 26.4. The molecule has 14 heavy (non-hydrogen) atoms. The average Bonchev–Trinajstić information content (AvgIpc) is 2.43. The van der Waals surface area contributed by atoms with Crippen molar-refractivity contribution in [2.24, 2.45) is 5.73 Å². The van der Waals surface area contributed by atoms with Crippen LogP contribution in [0.5, 0.6) is 0 Å². The molecule has 1 aliphatic rings. The zero-order valence-corrected chi connectivity index (χ0v) is 7.34. The predicted molar refractivity (Wildman–Crippen MR) is 48.3 cm³/mol. The minimum atomic E-state index is -0.870. The zero-order chi connectivity index (χ0) is 10.1. The van der Waals surface area contributed by atoms with Crippen LogP contribution in [0.4, 0.5) is 0 Å². The molecule has 2 N–H and O–H groups in total. The first-order chi connectivity index (χ1) is 6.70. The van der Waals surface area contributed by atoms with Gasteiger partial charge in [0.15, 0.2) is 0 Å². The molecule has 0 saturated carbocycles. The number of nitrogens with two attached hydrogens (primary N) is 1. The van der Waals surface area contributed by atoms with Crippen LogP contribution in [0.2, 0.25) is 0 Å². The molecule has 4 heteroatoms. The lowest BCUT2D eigenvalue weighted by atomic mass is 9.94. The smallest absolute Gasteiger partial charge is 0.331 e. The first kappa shape index (κ1) is 8.90. The van der Waals surface area contributed by atoms with Crippen LogP contribution in [-0.4, -0.2) is 18.0 Å². The fourth-order valence-electron chi connectivity index (χ4n) is 1.52. The Morgan fingerprint density at radius 3 is 2.21 bits per heavy atom. The summed E-state index contributed by atoms with van der Waals surface area (Å²) in [4.78, 5) is 22.3. The van der Waals surface area contributed by atoms with Crippen molar-refractivity contribution >= 4 is 11.9 Å². The van der Waals surface area contributed by atoms with Crippen molar-refractivity contribution in [1.82, 2.24) is 0 Å². The Labute approximate surface area is 80.7 Å². The topological polar surface area (TPSA) is 69.4 Å². The summed E-state index contributed by atoms with van der Waals surface area (Å²) in [7, 11) is 0. The second-order valence-electron chi connectivity index (χ2n) is 3.15. The van der Waals surface area contributed by atoms with E-state index in [1.165, 1.54) is 0 Å². The Balaban J connectivity index is 2.36. The third-order valence-electron chi connectivity index (χ3n) is 2.25. The predicted octanol–water partition coefficient (Wildman–Crippen LogP) is 0.181. The van der Waals surface area contributed by atoms with E-state index in [4.69, 9.17) is 5.73 Å². The molecule has 0 amide bonds. The van der Waals surface area contributed by atoms with Gasteiger partial charge >= 0.3 is 11.9 Å². The number of hydrogen-bond acceptors (Lipinski definition) is 4. The summed E-state index contributed by atoms with van der Waals surface area (Å²) in [5.74, 6) is -1.86. The summed E-state index contributed by atoms with van der Waals surface area (Å²) >= 11 is 0. The highest BCUT2D eigenvalue weighted by Crippen LogP contribution is 2.26. The van der Waals surface area contributed by atoms with Crippen molar-refractivity contribution in [1.29, 1.82) is 0 Å². The fraction of sp³-hybridized carbons (Fsp3) is 0.200. The third-order valence-corrected chi connectivity index (χ3v) is 2.25. The summed E-state index contributed by atoms with van der Waals surface area (Å²) in [5, 5.41) is 0. The number of carbonyl (C=O) groups is 2. The van der Waals surface area contributed by atoms with Gasteiger partial charge in [0, 0.05) is 0 Å². The second-order valence-corrected chi connectivity index (χ2v) is 3.15. The Morgan fingerprint density at radius 2 is 1.71 bits per heavy atom. The lowest BCUT2D eigenvalue weighted by molar-refractivity contribution is -0.152. The van der Waals surface area contributed by atoms with Crippen LogP contribution < -0.4 is 5.73 Å². The molecule has 0 radical (unpaired) electrons. The van der Waals surface area contributed by atoms with E-state index >= 15 is 0 Å². The molecule has 4 nitrogen and oxygen atoms in total. The Hall–Kier alpha value is -1.68. The molecule has 2 rings (SSSR count). The summed E-state index contributed by atoms with van der Waals surface area (Å²) in [6, 6.07) is 8.05. The molecule has 1 unspecified atom stereocenters. The van der Waals surface area contributed by atoms with Gasteiger partial charge in [-0.3, -0.25) is 4.79 Å². The number of carbonyl (C=O) groups excluding carboxylic acids is 2. The SMILES string of the molecule is N[C@@H]1C(=O)OC(=O)C1c1ccccc1. The highest BCUT2D eigenvalue weighted by Gasteiger charge is 2.42. The van der Waals surface area contributed by atoms with Crippen molar-refractivity contribution < 1.29 is 14.3 Å². The highest BCUT2D eigenvalue weighted by molar-refractivity contribution is 6.01. The Bertz CT molecular complexity index is 374. The van der Waals surface area contributed by atoms with Crippen LogP contribution in [0.15, 0.2) is 30.3 Å². The second kappa shape index (κ2) is 3.23. The van der Waals surface area contributed by atoms with Crippen molar-refractivity contribution in [2.75, 3.05) is 0 Å². The minimum Gasteiger partial charge on any atom is -0.391 e. The number of rotatable bonds is 1. The van der Waals surface area contributed by atoms with Gasteiger partial charge in [0.05, 0.1) is 0 Å². The molecule has 0 aromatic heterocycles. The molecule has 1 fully saturated rings. The minimum absolute atomic E-state index is 0.561. The van der Waals surface area contributed by atoms with Gasteiger partial charge in [-0.05, 0) is 5.56 Å². The van der Waals surface area contributed by atoms with E-state index in [1.807, 2.05) is 6.07 Å². The number of ether oxygens (including phenoxy) is 1. The van der Waals surface area contributed by atoms with Gasteiger partial charge in [0.25, 0.3) is 0 Å². The van der Waals surface area contributed by atoms with Crippen LogP contribution in [0.25, 0.3) is 0 Å². The van der Waals surface area contributed by atoms with Crippen LogP contribution >= 0.6 is 0 Å². The summed E-state index contributed by atoms with van der Waals surface area (Å²) in [6.45, 7) is 0. The molecule has 0 spiro atoms. The standard InChI is InChI=1S/C10H9NO3/c11-8-7(9(12)14-10(8)13)6-4-2-1-3-5-6/h1-5,7-8H,11H2/t7?,8-/m0/s1. The molecule has 2 atom stereocenters. The maximum atomic E-state index is 11.3. The quantitative estimate of drug-likeness (QED) is 0.508. The summed E-state index contributed by atoms with van der Waals surface area (Å²) < 4.78 is 4.44. The zero-order valence-electron chi connectivity index (χ0n) is 7.34. The number of hydrogen-bond donors (Lipinski definition) is 1. The Morgan fingerprint density at radius 1 is 1.07 bits per heavy atom. The van der Waals surface area contributed by atoms with Gasteiger partial charge < -0.3 is 10.5 Å². The largest absolute Gasteiger partial charge is 0.391 e. The summed E-state index contributed by atoms with van der Waals surface area (Å²) in [5.41, 5.74) is 6.27. The van der Waals surface area contributed by atoms with E-state index in [2.05, 4.69) is 4.74 Å². The van der Waals surface area contributed by atoms with Crippen molar-refractivity contribution in [2.45, 2.75) is 12.0 Å². The van der Waals surface area contributed by atoms with Gasteiger partial charge in [0.2, 0.25) is 0 Å². The lowest BCUT2D eigenvalue weighted by Gasteiger charge is -2.08. The molecule has 1 saturated heterocycles. The van der Waals surface area contributed by atoms with Gasteiger partial charge in [-0.1, -0.05) is 30.3 Å². The van der Waals surface area contributed by atoms with Gasteiger partial charge in [-0.2, -0.15) is 0 Å². The maximum Gasteiger partial charge on any atom is 0.331 e. The molecular weight excluding hydrogens is 182 g/mol. The molecular formula is C10H9NO3. The molecule has 1 aromatic rings. The van der Waals surface area contributed by atoms with Crippen LogP contribution in [0.1, 0.15) is 11.5 Å². The van der Waals surface area contributed by atoms with Crippen LogP contribution in [0.3, 0.4) is 0 Å². The molecule has 1 aliphatic heterocycles. The first-order valence-electron chi connectivity index (χ1n) is 4.26. The number of esters is 2. The van der Waals surface area contributed by atoms with Crippen LogP contribution in [0, 0.1) is 0 Å². The first-order valence-corrected chi connectivity index (χ1v) is 4.26. The average molecular weight is 191 g/mol. The Kier molecular flexibility index (Phi) is 2.05. The van der Waals surface area contributed by atoms with E-state index in [-0.39, 0.29) is 0 Å². The highest BCUT2D eigenvalue weighted by atomic mass is 16.6. The van der Waals surface area contributed by atoms with E-state index in [9.17, 15) is 9.59 Å². The fourth-order valence-corrected chi connectivity index (χ4v) is 1.52. The lowest BCUT2D eigenvalue weighted by Crippen LogP contribution is -2.31. The monoisotopic (exact) mass is 191 g/mol. The number of benzene rings is 1. The molecule has 72 valence electrons. The van der Waals surface area contributed by atoms with E-state index < -0.39 is 23.9 Å². The van der Waals surface area contributed by atoms with Gasteiger partial charge in [-0.25, -0.2) is 4.79 Å². The van der Waals surface area contributed by atoms with E-state index in [0.717, 1.165) is 5.56 Å².